The monoisotopic (exact) mass is 458 g/mol. The molecule has 1 N–H and O–H groups in total. The van der Waals surface area contributed by atoms with Crippen LogP contribution >= 0.6 is 23.5 Å². The van der Waals surface area contributed by atoms with Crippen LogP contribution in [0.3, 0.4) is 0 Å². The standard InChI is InChI=1S/C24H30N2O3S2/c1-17-14-26(15-18(2)29-17)21-8-6-20(7-9-21)25-23(27)16-28-22-10-4-19(5-11-22)24-30-12-3-13-31-24/h4-11,17-18,24H,3,12-16H2,1-2H3,(H,25,27). The van der Waals surface area contributed by atoms with Crippen molar-refractivity contribution in [3.63, 3.8) is 0 Å². The Hall–Kier alpha value is -1.83. The minimum absolute atomic E-state index is 0.00742. The molecule has 4 rings (SSSR count). The van der Waals surface area contributed by atoms with Gasteiger partial charge in [0.2, 0.25) is 0 Å². The fourth-order valence-corrected chi connectivity index (χ4v) is 6.79. The number of nitrogens with zero attached hydrogens (tertiary/aromatic N) is 1. The van der Waals surface area contributed by atoms with Crippen molar-refractivity contribution in [3.8, 4) is 5.75 Å². The molecule has 166 valence electrons. The van der Waals surface area contributed by atoms with Crippen molar-refractivity contribution >= 4 is 40.8 Å². The zero-order valence-electron chi connectivity index (χ0n) is 18.1. The predicted octanol–water partition coefficient (Wildman–Crippen LogP) is 5.19. The second-order valence-electron chi connectivity index (χ2n) is 8.04. The molecule has 2 atom stereocenters. The second-order valence-corrected chi connectivity index (χ2v) is 10.8. The van der Waals surface area contributed by atoms with Gasteiger partial charge in [-0.05, 0) is 73.7 Å². The number of benzene rings is 2. The van der Waals surface area contributed by atoms with Crippen molar-refractivity contribution in [1.29, 1.82) is 0 Å². The van der Waals surface area contributed by atoms with E-state index in [0.717, 1.165) is 30.2 Å². The summed E-state index contributed by atoms with van der Waals surface area (Å²) in [5, 5.41) is 2.91. The van der Waals surface area contributed by atoms with Gasteiger partial charge in [0.05, 0.1) is 16.8 Å². The lowest BCUT2D eigenvalue weighted by molar-refractivity contribution is -0.118. The Morgan fingerprint density at radius 3 is 2.32 bits per heavy atom. The predicted molar refractivity (Wildman–Crippen MR) is 132 cm³/mol. The molecule has 0 spiro atoms. The van der Waals surface area contributed by atoms with E-state index in [9.17, 15) is 4.79 Å². The lowest BCUT2D eigenvalue weighted by atomic mass is 10.2. The summed E-state index contributed by atoms with van der Waals surface area (Å²) in [5.74, 6) is 3.00. The van der Waals surface area contributed by atoms with Crippen LogP contribution in [0.1, 0.15) is 30.4 Å². The van der Waals surface area contributed by atoms with Gasteiger partial charge in [-0.3, -0.25) is 4.79 Å². The topological polar surface area (TPSA) is 50.8 Å². The summed E-state index contributed by atoms with van der Waals surface area (Å²) in [6.07, 6.45) is 1.72. The first-order chi connectivity index (χ1) is 15.1. The van der Waals surface area contributed by atoms with Crippen LogP contribution in [0.15, 0.2) is 48.5 Å². The van der Waals surface area contributed by atoms with E-state index in [1.54, 1.807) is 0 Å². The van der Waals surface area contributed by atoms with Crippen molar-refractivity contribution in [2.75, 3.05) is 41.4 Å². The second kappa shape index (κ2) is 10.7. The number of rotatable bonds is 6. The van der Waals surface area contributed by atoms with Gasteiger partial charge in [-0.25, -0.2) is 0 Å². The smallest absolute Gasteiger partial charge is 0.262 e. The minimum Gasteiger partial charge on any atom is -0.484 e. The Balaban J connectivity index is 1.25. The third-order valence-electron chi connectivity index (χ3n) is 5.29. The van der Waals surface area contributed by atoms with Crippen LogP contribution in [0.4, 0.5) is 11.4 Å². The number of amides is 1. The van der Waals surface area contributed by atoms with Crippen molar-refractivity contribution in [2.45, 2.75) is 37.1 Å². The summed E-state index contributed by atoms with van der Waals surface area (Å²) < 4.78 is 12.0. The normalized spacial score (nSPS) is 22.2. The number of carbonyl (C=O) groups is 1. The maximum Gasteiger partial charge on any atom is 0.262 e. The van der Waals surface area contributed by atoms with Crippen LogP contribution in [-0.4, -0.2) is 49.3 Å². The molecule has 0 saturated carbocycles. The molecule has 1 amide bonds. The summed E-state index contributed by atoms with van der Waals surface area (Å²) >= 11 is 4.00. The summed E-state index contributed by atoms with van der Waals surface area (Å²) in [6.45, 7) is 5.94. The van der Waals surface area contributed by atoms with E-state index in [4.69, 9.17) is 9.47 Å². The van der Waals surface area contributed by atoms with E-state index in [0.29, 0.717) is 4.58 Å². The lowest BCUT2D eigenvalue weighted by Crippen LogP contribution is -2.45. The average molecular weight is 459 g/mol. The van der Waals surface area contributed by atoms with E-state index in [2.05, 4.69) is 36.2 Å². The summed E-state index contributed by atoms with van der Waals surface area (Å²) in [4.78, 5) is 14.6. The minimum atomic E-state index is -0.163. The van der Waals surface area contributed by atoms with E-state index < -0.39 is 0 Å². The maximum atomic E-state index is 12.3. The number of anilines is 2. The van der Waals surface area contributed by atoms with Crippen molar-refractivity contribution in [2.24, 2.45) is 0 Å². The highest BCUT2D eigenvalue weighted by atomic mass is 32.2. The molecule has 2 aliphatic rings. The van der Waals surface area contributed by atoms with Crippen LogP contribution in [0, 0.1) is 0 Å². The third kappa shape index (κ3) is 6.34. The zero-order chi connectivity index (χ0) is 21.6. The SMILES string of the molecule is CC1CN(c2ccc(NC(=O)COc3ccc(C4SCCCS4)cc3)cc2)CC(C)O1. The van der Waals surface area contributed by atoms with Crippen molar-refractivity contribution < 1.29 is 14.3 Å². The molecule has 0 aliphatic carbocycles. The van der Waals surface area contributed by atoms with Crippen molar-refractivity contribution in [3.05, 3.63) is 54.1 Å². The first-order valence-corrected chi connectivity index (χ1v) is 12.9. The molecule has 2 saturated heterocycles. The molecule has 2 fully saturated rings. The number of carbonyl (C=O) groups excluding carboxylic acids is 1. The maximum absolute atomic E-state index is 12.3. The first-order valence-electron chi connectivity index (χ1n) is 10.8. The highest BCUT2D eigenvalue weighted by Gasteiger charge is 2.22. The zero-order valence-corrected chi connectivity index (χ0v) is 19.7. The van der Waals surface area contributed by atoms with Gasteiger partial charge in [0.25, 0.3) is 5.91 Å². The molecule has 2 aromatic carbocycles. The van der Waals surface area contributed by atoms with Crippen molar-refractivity contribution in [1.82, 2.24) is 0 Å². The fraction of sp³-hybridized carbons (Fsp3) is 0.458. The van der Waals surface area contributed by atoms with Gasteiger partial charge in [-0.1, -0.05) is 12.1 Å². The van der Waals surface area contributed by atoms with Gasteiger partial charge in [-0.15, -0.1) is 23.5 Å². The van der Waals surface area contributed by atoms with Crippen LogP contribution in [0.5, 0.6) is 5.75 Å². The molecule has 5 nitrogen and oxygen atoms in total. The van der Waals surface area contributed by atoms with Gasteiger partial charge >= 0.3 is 0 Å². The number of thioether (sulfide) groups is 2. The summed E-state index contributed by atoms with van der Waals surface area (Å²) in [5.41, 5.74) is 3.23. The number of hydrogen-bond acceptors (Lipinski definition) is 6. The molecule has 7 heteroatoms. The molecular formula is C24H30N2O3S2. The van der Waals surface area contributed by atoms with E-state index in [-0.39, 0.29) is 24.7 Å². The van der Waals surface area contributed by atoms with E-state index in [1.807, 2.05) is 59.9 Å². The quantitative estimate of drug-likeness (QED) is 0.643. The van der Waals surface area contributed by atoms with Gasteiger partial charge in [0, 0.05) is 24.5 Å². The van der Waals surface area contributed by atoms with Crippen LogP contribution in [0.25, 0.3) is 0 Å². The Kier molecular flexibility index (Phi) is 7.69. The molecule has 31 heavy (non-hydrogen) atoms. The Morgan fingerprint density at radius 2 is 1.68 bits per heavy atom. The van der Waals surface area contributed by atoms with Crippen LogP contribution < -0.4 is 15.0 Å². The van der Waals surface area contributed by atoms with Gasteiger partial charge < -0.3 is 19.7 Å². The Morgan fingerprint density at radius 1 is 1.03 bits per heavy atom. The molecule has 2 aliphatic heterocycles. The van der Waals surface area contributed by atoms with Gasteiger partial charge in [-0.2, -0.15) is 0 Å². The Bertz CT molecular complexity index is 844. The summed E-state index contributed by atoms with van der Waals surface area (Å²) in [7, 11) is 0. The molecule has 2 aromatic rings. The van der Waals surface area contributed by atoms with E-state index in [1.165, 1.54) is 23.5 Å². The van der Waals surface area contributed by atoms with Crippen LogP contribution in [0.2, 0.25) is 0 Å². The van der Waals surface area contributed by atoms with Gasteiger partial charge in [0.15, 0.2) is 6.61 Å². The summed E-state index contributed by atoms with van der Waals surface area (Å²) in [6, 6.07) is 16.1. The molecular weight excluding hydrogens is 428 g/mol. The number of nitrogens with one attached hydrogen (secondary N) is 1. The van der Waals surface area contributed by atoms with Crippen LogP contribution in [-0.2, 0) is 9.53 Å². The average Bonchev–Trinajstić information content (AvgIpc) is 2.78. The highest BCUT2D eigenvalue weighted by molar-refractivity contribution is 8.16. The molecule has 0 bridgehead atoms. The molecule has 2 heterocycles. The molecule has 0 aromatic heterocycles. The van der Waals surface area contributed by atoms with E-state index >= 15 is 0 Å². The number of ether oxygens (including phenoxy) is 2. The molecule has 2 unspecified atom stereocenters. The molecule has 0 radical (unpaired) electrons. The first kappa shape index (κ1) is 22.4. The number of hydrogen-bond donors (Lipinski definition) is 1. The highest BCUT2D eigenvalue weighted by Crippen LogP contribution is 2.43. The largest absolute Gasteiger partial charge is 0.484 e. The lowest BCUT2D eigenvalue weighted by Gasteiger charge is -2.36. The fourth-order valence-electron chi connectivity index (χ4n) is 3.89. The Labute approximate surface area is 193 Å². The third-order valence-corrected chi connectivity index (χ3v) is 8.30. The number of morpholine rings is 1. The van der Waals surface area contributed by atoms with Gasteiger partial charge in [0.1, 0.15) is 5.75 Å².